The van der Waals surface area contributed by atoms with E-state index in [1.165, 1.54) is 32.1 Å². The molecule has 94 valence electrons. The fraction of sp³-hybridized carbons (Fsp3) is 0.800. The van der Waals surface area contributed by atoms with E-state index in [4.69, 9.17) is 5.11 Å². The molecular formula is C15H22O2. The minimum absolute atomic E-state index is 0.219. The Morgan fingerprint density at radius 1 is 1.24 bits per heavy atom. The maximum Gasteiger partial charge on any atom is 0.330 e. The summed E-state index contributed by atoms with van der Waals surface area (Å²) < 4.78 is 0. The van der Waals surface area contributed by atoms with Gasteiger partial charge < -0.3 is 5.11 Å². The van der Waals surface area contributed by atoms with Crippen LogP contribution >= 0.6 is 0 Å². The van der Waals surface area contributed by atoms with Gasteiger partial charge >= 0.3 is 5.97 Å². The predicted octanol–water partition coefficient (Wildman–Crippen LogP) is 3.48. The quantitative estimate of drug-likeness (QED) is 0.743. The van der Waals surface area contributed by atoms with Crippen molar-refractivity contribution >= 4 is 5.97 Å². The van der Waals surface area contributed by atoms with Crippen molar-refractivity contribution < 1.29 is 9.90 Å². The van der Waals surface area contributed by atoms with E-state index in [1.54, 1.807) is 6.92 Å². The zero-order valence-electron chi connectivity index (χ0n) is 10.8. The summed E-state index contributed by atoms with van der Waals surface area (Å²) in [5, 5.41) is 9.10. The largest absolute Gasteiger partial charge is 0.478 e. The summed E-state index contributed by atoms with van der Waals surface area (Å²) in [6.45, 7) is 4.11. The van der Waals surface area contributed by atoms with Gasteiger partial charge in [0.25, 0.3) is 0 Å². The van der Waals surface area contributed by atoms with Crippen molar-refractivity contribution in [2.75, 3.05) is 0 Å². The molecule has 2 nitrogen and oxygen atoms in total. The van der Waals surface area contributed by atoms with Gasteiger partial charge in [0.1, 0.15) is 0 Å². The predicted molar refractivity (Wildman–Crippen MR) is 66.5 cm³/mol. The second kappa shape index (κ2) is 3.60. The number of carbonyl (C=O) groups is 1. The standard InChI is InChI=1S/C15H22O2/c1-9(14(16)17)6-15-7-11-3-12(8-15)5-13(4-11)10(15)2/h6,10-13H,3-5,7-8H2,1-2H3,(H,16,17)/b9-6+. The number of carboxylic acid groups (broad SMARTS) is 1. The summed E-state index contributed by atoms with van der Waals surface area (Å²) >= 11 is 0. The third kappa shape index (κ3) is 1.64. The molecule has 4 aliphatic rings. The van der Waals surface area contributed by atoms with Crippen LogP contribution in [0.1, 0.15) is 46.0 Å². The minimum atomic E-state index is -0.743. The van der Waals surface area contributed by atoms with Crippen molar-refractivity contribution in [1.82, 2.24) is 0 Å². The highest BCUT2D eigenvalue weighted by Gasteiger charge is 2.54. The molecule has 4 saturated carbocycles. The molecule has 3 atom stereocenters. The number of hydrogen-bond donors (Lipinski definition) is 1. The number of allylic oxidation sites excluding steroid dienone is 1. The van der Waals surface area contributed by atoms with E-state index >= 15 is 0 Å². The van der Waals surface area contributed by atoms with Crippen LogP contribution in [-0.4, -0.2) is 11.1 Å². The number of rotatable bonds is 2. The monoisotopic (exact) mass is 234 g/mol. The van der Waals surface area contributed by atoms with Gasteiger partial charge in [0.15, 0.2) is 0 Å². The summed E-state index contributed by atoms with van der Waals surface area (Å²) in [5.41, 5.74) is 0.774. The van der Waals surface area contributed by atoms with Gasteiger partial charge in [-0.15, -0.1) is 0 Å². The molecule has 4 bridgehead atoms. The summed E-state index contributed by atoms with van der Waals surface area (Å²) in [6.07, 6.45) is 8.81. The summed E-state index contributed by atoms with van der Waals surface area (Å²) in [6, 6.07) is 0. The number of hydrogen-bond acceptors (Lipinski definition) is 1. The Morgan fingerprint density at radius 3 is 2.35 bits per heavy atom. The smallest absolute Gasteiger partial charge is 0.330 e. The van der Waals surface area contributed by atoms with Crippen molar-refractivity contribution in [3.63, 3.8) is 0 Å². The van der Waals surface area contributed by atoms with Gasteiger partial charge in [0.05, 0.1) is 0 Å². The molecular weight excluding hydrogens is 212 g/mol. The molecule has 2 heteroatoms. The Hall–Kier alpha value is -0.790. The van der Waals surface area contributed by atoms with Crippen LogP contribution in [0.15, 0.2) is 11.6 Å². The van der Waals surface area contributed by atoms with Crippen LogP contribution in [0.2, 0.25) is 0 Å². The average Bonchev–Trinajstić information content (AvgIpc) is 2.24. The molecule has 0 saturated heterocycles. The highest BCUT2D eigenvalue weighted by molar-refractivity contribution is 5.85. The van der Waals surface area contributed by atoms with E-state index < -0.39 is 5.97 Å². The third-order valence-corrected chi connectivity index (χ3v) is 5.73. The highest BCUT2D eigenvalue weighted by atomic mass is 16.4. The van der Waals surface area contributed by atoms with Gasteiger partial charge in [-0.1, -0.05) is 13.0 Å². The molecule has 0 spiro atoms. The van der Waals surface area contributed by atoms with E-state index in [2.05, 4.69) is 13.0 Å². The molecule has 0 aromatic carbocycles. The first-order chi connectivity index (χ1) is 8.00. The minimum Gasteiger partial charge on any atom is -0.478 e. The van der Waals surface area contributed by atoms with Crippen LogP contribution in [0.5, 0.6) is 0 Å². The maximum atomic E-state index is 11.1. The molecule has 0 amide bonds. The van der Waals surface area contributed by atoms with Gasteiger partial charge in [0, 0.05) is 5.57 Å². The van der Waals surface area contributed by atoms with Crippen molar-refractivity contribution in [1.29, 1.82) is 0 Å². The molecule has 0 heterocycles. The maximum absolute atomic E-state index is 11.1. The van der Waals surface area contributed by atoms with Crippen LogP contribution in [0.3, 0.4) is 0 Å². The van der Waals surface area contributed by atoms with Gasteiger partial charge in [0.2, 0.25) is 0 Å². The fourth-order valence-corrected chi connectivity index (χ4v) is 5.10. The van der Waals surface area contributed by atoms with E-state index in [1.807, 2.05) is 0 Å². The average molecular weight is 234 g/mol. The Kier molecular flexibility index (Phi) is 2.39. The molecule has 17 heavy (non-hydrogen) atoms. The summed E-state index contributed by atoms with van der Waals surface area (Å²) in [4.78, 5) is 11.1. The van der Waals surface area contributed by atoms with Gasteiger partial charge in [-0.3, -0.25) is 0 Å². The Balaban J connectivity index is 1.95. The fourth-order valence-electron chi connectivity index (χ4n) is 5.10. The molecule has 0 aliphatic heterocycles. The van der Waals surface area contributed by atoms with Crippen LogP contribution in [-0.2, 0) is 4.79 Å². The Labute approximate surface area is 103 Å². The zero-order chi connectivity index (χ0) is 12.2. The molecule has 0 radical (unpaired) electrons. The van der Waals surface area contributed by atoms with E-state index in [-0.39, 0.29) is 5.41 Å². The van der Waals surface area contributed by atoms with Crippen molar-refractivity contribution in [2.24, 2.45) is 29.1 Å². The molecule has 3 unspecified atom stereocenters. The van der Waals surface area contributed by atoms with Gasteiger partial charge in [-0.05, 0) is 68.1 Å². The van der Waals surface area contributed by atoms with Crippen molar-refractivity contribution in [3.8, 4) is 0 Å². The lowest BCUT2D eigenvalue weighted by molar-refractivity contribution is -0.133. The van der Waals surface area contributed by atoms with E-state index in [0.29, 0.717) is 11.5 Å². The SMILES string of the molecule is C/C(=C\C12CC3CC(CC(C3)C1C)C2)C(=O)O. The van der Waals surface area contributed by atoms with Crippen LogP contribution in [0.4, 0.5) is 0 Å². The number of aliphatic carboxylic acids is 1. The number of carboxylic acids is 1. The first-order valence-corrected chi connectivity index (χ1v) is 6.93. The highest BCUT2D eigenvalue weighted by Crippen LogP contribution is 2.63. The van der Waals surface area contributed by atoms with Crippen molar-refractivity contribution in [2.45, 2.75) is 46.0 Å². The van der Waals surface area contributed by atoms with Crippen LogP contribution in [0, 0.1) is 29.1 Å². The topological polar surface area (TPSA) is 37.3 Å². The molecule has 1 N–H and O–H groups in total. The first-order valence-electron chi connectivity index (χ1n) is 6.93. The second-order valence-corrected chi connectivity index (χ2v) is 6.76. The molecule has 0 aromatic heterocycles. The molecule has 4 rings (SSSR count). The normalized spacial score (nSPS) is 48.5. The van der Waals surface area contributed by atoms with Gasteiger partial charge in [-0.2, -0.15) is 0 Å². The first kappa shape index (κ1) is 11.3. The van der Waals surface area contributed by atoms with E-state index in [9.17, 15) is 4.79 Å². The van der Waals surface area contributed by atoms with Gasteiger partial charge in [-0.25, -0.2) is 4.79 Å². The molecule has 4 aliphatic carbocycles. The van der Waals surface area contributed by atoms with Crippen LogP contribution in [0.25, 0.3) is 0 Å². The zero-order valence-corrected chi connectivity index (χ0v) is 10.8. The summed E-state index contributed by atoms with van der Waals surface area (Å²) in [5.74, 6) is 2.56. The Bertz CT molecular complexity index is 368. The lowest BCUT2D eigenvalue weighted by Crippen LogP contribution is -2.50. The summed E-state index contributed by atoms with van der Waals surface area (Å²) in [7, 11) is 0. The molecule has 4 fully saturated rings. The molecule has 0 aromatic rings. The lowest BCUT2D eigenvalue weighted by Gasteiger charge is -2.60. The van der Waals surface area contributed by atoms with Crippen molar-refractivity contribution in [3.05, 3.63) is 11.6 Å². The third-order valence-electron chi connectivity index (χ3n) is 5.73. The van der Waals surface area contributed by atoms with E-state index in [0.717, 1.165) is 17.8 Å². The van der Waals surface area contributed by atoms with Crippen LogP contribution < -0.4 is 0 Å². The second-order valence-electron chi connectivity index (χ2n) is 6.76. The lowest BCUT2D eigenvalue weighted by atomic mass is 9.45. The Morgan fingerprint density at radius 2 is 1.82 bits per heavy atom.